The van der Waals surface area contributed by atoms with E-state index in [-0.39, 0.29) is 17.4 Å². The summed E-state index contributed by atoms with van der Waals surface area (Å²) in [4.78, 5) is 11.9. The Morgan fingerprint density at radius 2 is 1.91 bits per heavy atom. The highest BCUT2D eigenvalue weighted by Gasteiger charge is 2.39. The van der Waals surface area contributed by atoms with Gasteiger partial charge in [-0.15, -0.1) is 0 Å². The predicted molar refractivity (Wildman–Crippen MR) is 84.1 cm³/mol. The van der Waals surface area contributed by atoms with E-state index in [2.05, 4.69) is 10.6 Å². The Bertz CT molecular complexity index is 504. The number of hydrogen-bond donors (Lipinski definition) is 2. The van der Waals surface area contributed by atoms with Gasteiger partial charge in [0.15, 0.2) is 0 Å². The van der Waals surface area contributed by atoms with Crippen LogP contribution in [0.1, 0.15) is 45.6 Å². The van der Waals surface area contributed by atoms with Gasteiger partial charge in [-0.2, -0.15) is 0 Å². The van der Waals surface area contributed by atoms with Crippen LogP contribution in [-0.4, -0.2) is 23.8 Å². The number of benzene rings is 1. The third kappa shape index (κ3) is 4.98. The SMILES string of the molecule is CC(C)(C)OC(=O)NC1(CNCc2ccc(F)cc2)CCC1. The first-order chi connectivity index (χ1) is 10.3. The van der Waals surface area contributed by atoms with Crippen LogP contribution < -0.4 is 10.6 Å². The quantitative estimate of drug-likeness (QED) is 0.877. The minimum atomic E-state index is -0.490. The number of nitrogens with one attached hydrogen (secondary N) is 2. The zero-order chi connectivity index (χ0) is 16.2. The number of amides is 1. The minimum absolute atomic E-state index is 0.220. The maximum Gasteiger partial charge on any atom is 0.408 e. The summed E-state index contributed by atoms with van der Waals surface area (Å²) in [5.41, 5.74) is 0.312. The Balaban J connectivity index is 1.81. The van der Waals surface area contributed by atoms with Crippen molar-refractivity contribution in [3.63, 3.8) is 0 Å². The molecule has 2 rings (SSSR count). The van der Waals surface area contributed by atoms with Crippen LogP contribution in [0.5, 0.6) is 0 Å². The molecule has 1 saturated carbocycles. The molecule has 0 heterocycles. The number of carbonyl (C=O) groups is 1. The van der Waals surface area contributed by atoms with E-state index in [0.29, 0.717) is 13.1 Å². The van der Waals surface area contributed by atoms with Gasteiger partial charge in [0.1, 0.15) is 11.4 Å². The highest BCUT2D eigenvalue weighted by molar-refractivity contribution is 5.69. The molecule has 0 saturated heterocycles. The molecule has 0 unspecified atom stereocenters. The van der Waals surface area contributed by atoms with E-state index in [9.17, 15) is 9.18 Å². The van der Waals surface area contributed by atoms with Crippen molar-refractivity contribution in [3.8, 4) is 0 Å². The number of halogens is 1. The number of alkyl carbamates (subject to hydrolysis) is 1. The smallest absolute Gasteiger partial charge is 0.408 e. The van der Waals surface area contributed by atoms with Gasteiger partial charge in [-0.25, -0.2) is 9.18 Å². The van der Waals surface area contributed by atoms with Gasteiger partial charge in [-0.05, 0) is 57.7 Å². The fraction of sp³-hybridized carbons (Fsp3) is 0.588. The van der Waals surface area contributed by atoms with E-state index >= 15 is 0 Å². The average Bonchev–Trinajstić information content (AvgIpc) is 2.36. The van der Waals surface area contributed by atoms with Gasteiger partial charge < -0.3 is 15.4 Å². The molecule has 1 amide bonds. The van der Waals surface area contributed by atoms with Crippen LogP contribution in [0.25, 0.3) is 0 Å². The maximum absolute atomic E-state index is 12.9. The van der Waals surface area contributed by atoms with Gasteiger partial charge in [0.25, 0.3) is 0 Å². The molecule has 0 atom stereocenters. The summed E-state index contributed by atoms with van der Waals surface area (Å²) in [5, 5.41) is 6.34. The summed E-state index contributed by atoms with van der Waals surface area (Å²) in [6.07, 6.45) is 2.63. The van der Waals surface area contributed by atoms with Crippen LogP contribution in [0, 0.1) is 5.82 Å². The third-order valence-corrected chi connectivity index (χ3v) is 3.78. The molecule has 4 nitrogen and oxygen atoms in total. The number of ether oxygens (including phenoxy) is 1. The van der Waals surface area contributed by atoms with Crippen molar-refractivity contribution < 1.29 is 13.9 Å². The highest BCUT2D eigenvalue weighted by Crippen LogP contribution is 2.31. The number of carbonyl (C=O) groups excluding carboxylic acids is 1. The van der Waals surface area contributed by atoms with Gasteiger partial charge >= 0.3 is 6.09 Å². The molecule has 1 fully saturated rings. The second-order valence-corrected chi connectivity index (χ2v) is 6.99. The lowest BCUT2D eigenvalue weighted by Crippen LogP contribution is -2.59. The first kappa shape index (κ1) is 16.7. The molecule has 0 spiro atoms. The zero-order valence-corrected chi connectivity index (χ0v) is 13.5. The highest BCUT2D eigenvalue weighted by atomic mass is 19.1. The monoisotopic (exact) mass is 308 g/mol. The molecule has 0 radical (unpaired) electrons. The van der Waals surface area contributed by atoms with E-state index in [4.69, 9.17) is 4.74 Å². The van der Waals surface area contributed by atoms with E-state index in [0.717, 1.165) is 24.8 Å². The molecular weight excluding hydrogens is 283 g/mol. The average molecular weight is 308 g/mol. The van der Waals surface area contributed by atoms with Gasteiger partial charge in [0.05, 0.1) is 5.54 Å². The van der Waals surface area contributed by atoms with Crippen molar-refractivity contribution in [2.45, 2.75) is 57.7 Å². The summed E-state index contributed by atoms with van der Waals surface area (Å²) in [5.74, 6) is -0.231. The molecular formula is C17H25FN2O2. The topological polar surface area (TPSA) is 50.4 Å². The second-order valence-electron chi connectivity index (χ2n) is 6.99. The van der Waals surface area contributed by atoms with Crippen LogP contribution >= 0.6 is 0 Å². The Kier molecular flexibility index (Phi) is 5.06. The Labute approximate surface area is 131 Å². The van der Waals surface area contributed by atoms with Crippen LogP contribution in [0.4, 0.5) is 9.18 Å². The predicted octanol–water partition coefficient (Wildman–Crippen LogP) is 3.36. The normalized spacial score (nSPS) is 16.7. The van der Waals surface area contributed by atoms with Gasteiger partial charge in [0.2, 0.25) is 0 Å². The van der Waals surface area contributed by atoms with Gasteiger partial charge in [-0.1, -0.05) is 12.1 Å². The first-order valence-corrected chi connectivity index (χ1v) is 7.74. The van der Waals surface area contributed by atoms with Crippen molar-refractivity contribution in [1.29, 1.82) is 0 Å². The van der Waals surface area contributed by atoms with Crippen LogP contribution in [0.3, 0.4) is 0 Å². The van der Waals surface area contributed by atoms with Crippen molar-refractivity contribution in [2.24, 2.45) is 0 Å². The minimum Gasteiger partial charge on any atom is -0.444 e. The molecule has 1 aliphatic carbocycles. The lowest BCUT2D eigenvalue weighted by molar-refractivity contribution is 0.0382. The molecule has 2 N–H and O–H groups in total. The molecule has 1 aliphatic rings. The molecule has 1 aromatic rings. The fourth-order valence-corrected chi connectivity index (χ4v) is 2.52. The fourth-order valence-electron chi connectivity index (χ4n) is 2.52. The molecule has 0 aromatic heterocycles. The summed E-state index contributed by atoms with van der Waals surface area (Å²) in [6.45, 7) is 6.90. The second kappa shape index (κ2) is 6.65. The van der Waals surface area contributed by atoms with Crippen LogP contribution in [0.2, 0.25) is 0 Å². The molecule has 0 bridgehead atoms. The maximum atomic E-state index is 12.9. The van der Waals surface area contributed by atoms with E-state index in [1.54, 1.807) is 12.1 Å². The van der Waals surface area contributed by atoms with Crippen LogP contribution in [-0.2, 0) is 11.3 Å². The largest absolute Gasteiger partial charge is 0.444 e. The first-order valence-electron chi connectivity index (χ1n) is 7.74. The number of rotatable bonds is 5. The molecule has 22 heavy (non-hydrogen) atoms. The molecule has 122 valence electrons. The van der Waals surface area contributed by atoms with Crippen molar-refractivity contribution in [3.05, 3.63) is 35.6 Å². The standard InChI is InChI=1S/C17H25FN2O2/c1-16(2,3)22-15(21)20-17(9-4-10-17)12-19-11-13-5-7-14(18)8-6-13/h5-8,19H,4,9-12H2,1-3H3,(H,20,21). The Morgan fingerprint density at radius 3 is 2.41 bits per heavy atom. The summed E-state index contributed by atoms with van der Waals surface area (Å²) < 4.78 is 18.2. The third-order valence-electron chi connectivity index (χ3n) is 3.78. The summed E-state index contributed by atoms with van der Waals surface area (Å²) in [7, 11) is 0. The summed E-state index contributed by atoms with van der Waals surface area (Å²) in [6, 6.07) is 6.43. The lowest BCUT2D eigenvalue weighted by Gasteiger charge is -2.42. The van der Waals surface area contributed by atoms with Gasteiger partial charge in [0, 0.05) is 13.1 Å². The van der Waals surface area contributed by atoms with Crippen molar-refractivity contribution >= 4 is 6.09 Å². The van der Waals surface area contributed by atoms with Crippen molar-refractivity contribution in [2.75, 3.05) is 6.54 Å². The van der Waals surface area contributed by atoms with Crippen LogP contribution in [0.15, 0.2) is 24.3 Å². The van der Waals surface area contributed by atoms with E-state index < -0.39 is 5.60 Å². The Morgan fingerprint density at radius 1 is 1.27 bits per heavy atom. The summed E-state index contributed by atoms with van der Waals surface area (Å²) >= 11 is 0. The lowest BCUT2D eigenvalue weighted by atomic mass is 9.76. The van der Waals surface area contributed by atoms with E-state index in [1.807, 2.05) is 20.8 Å². The molecule has 5 heteroatoms. The molecule has 1 aromatic carbocycles. The number of hydrogen-bond acceptors (Lipinski definition) is 3. The van der Waals surface area contributed by atoms with Crippen molar-refractivity contribution in [1.82, 2.24) is 10.6 Å². The van der Waals surface area contributed by atoms with Gasteiger partial charge in [-0.3, -0.25) is 0 Å². The zero-order valence-electron chi connectivity index (χ0n) is 13.5. The molecule has 0 aliphatic heterocycles. The van der Waals surface area contributed by atoms with E-state index in [1.165, 1.54) is 12.1 Å². The Hall–Kier alpha value is -1.62.